The van der Waals surface area contributed by atoms with Crippen molar-refractivity contribution in [2.75, 3.05) is 26.7 Å². The van der Waals surface area contributed by atoms with Crippen molar-refractivity contribution in [1.29, 1.82) is 0 Å². The van der Waals surface area contributed by atoms with Crippen molar-refractivity contribution in [2.24, 2.45) is 0 Å². The zero-order chi connectivity index (χ0) is 18.1. The third-order valence-electron chi connectivity index (χ3n) is 4.45. The summed E-state index contributed by atoms with van der Waals surface area (Å²) >= 11 is 0. The van der Waals surface area contributed by atoms with Gasteiger partial charge in [0.25, 0.3) is 5.91 Å². The Hall–Kier alpha value is -2.90. The fourth-order valence-corrected chi connectivity index (χ4v) is 3.08. The molecule has 132 valence electrons. The topological polar surface area (TPSA) is 85.5 Å². The SMILES string of the molecule is CNC(=O)C1CN(C(C)=O)CCN1C(=O)c1cc2cc(F)ccc2[nH]1. The number of piperazine rings is 1. The maximum absolute atomic E-state index is 13.3. The molecule has 1 atom stereocenters. The minimum absolute atomic E-state index is 0.137. The number of likely N-dealkylation sites (N-methyl/N-ethyl adjacent to an activating group) is 1. The summed E-state index contributed by atoms with van der Waals surface area (Å²) in [5.41, 5.74) is 0.925. The van der Waals surface area contributed by atoms with Crippen LogP contribution in [0.3, 0.4) is 0 Å². The van der Waals surface area contributed by atoms with Gasteiger partial charge in [-0.05, 0) is 24.3 Å². The molecule has 2 N–H and O–H groups in total. The molecule has 7 nitrogen and oxygen atoms in total. The van der Waals surface area contributed by atoms with E-state index in [-0.39, 0.29) is 42.3 Å². The average Bonchev–Trinajstić information content (AvgIpc) is 3.02. The summed E-state index contributed by atoms with van der Waals surface area (Å²) < 4.78 is 13.3. The van der Waals surface area contributed by atoms with Crippen LogP contribution >= 0.6 is 0 Å². The first kappa shape index (κ1) is 16.9. The zero-order valence-corrected chi connectivity index (χ0v) is 14.0. The van der Waals surface area contributed by atoms with E-state index in [0.717, 1.165) is 0 Å². The Labute approximate surface area is 143 Å². The van der Waals surface area contributed by atoms with Crippen LogP contribution in [-0.2, 0) is 9.59 Å². The Morgan fingerprint density at radius 3 is 2.68 bits per heavy atom. The molecule has 1 aromatic heterocycles. The van der Waals surface area contributed by atoms with Crippen molar-refractivity contribution in [3.63, 3.8) is 0 Å². The Balaban J connectivity index is 1.90. The molecule has 1 aromatic carbocycles. The molecule has 1 aliphatic heterocycles. The van der Waals surface area contributed by atoms with E-state index in [0.29, 0.717) is 17.4 Å². The standard InChI is InChI=1S/C17H19FN4O3/c1-10(23)21-5-6-22(15(9-21)16(24)19-2)17(25)14-8-11-7-12(18)3-4-13(11)20-14/h3-4,7-8,15,20H,5-6,9H2,1-2H3,(H,19,24). The first-order valence-electron chi connectivity index (χ1n) is 7.97. The van der Waals surface area contributed by atoms with Gasteiger partial charge >= 0.3 is 0 Å². The molecule has 1 saturated heterocycles. The maximum Gasteiger partial charge on any atom is 0.271 e. The summed E-state index contributed by atoms with van der Waals surface area (Å²) in [7, 11) is 1.49. The normalized spacial score (nSPS) is 17.6. The van der Waals surface area contributed by atoms with Gasteiger partial charge in [-0.15, -0.1) is 0 Å². The van der Waals surface area contributed by atoms with Crippen molar-refractivity contribution in [2.45, 2.75) is 13.0 Å². The number of halogens is 1. The Morgan fingerprint density at radius 1 is 1.24 bits per heavy atom. The number of hydrogen-bond acceptors (Lipinski definition) is 3. The second-order valence-electron chi connectivity index (χ2n) is 6.01. The first-order valence-corrected chi connectivity index (χ1v) is 7.97. The number of H-pyrrole nitrogens is 1. The van der Waals surface area contributed by atoms with Gasteiger partial charge in [0.05, 0.1) is 6.54 Å². The Morgan fingerprint density at radius 2 is 2.00 bits per heavy atom. The molecule has 25 heavy (non-hydrogen) atoms. The van der Waals surface area contributed by atoms with Gasteiger partial charge in [-0.3, -0.25) is 14.4 Å². The van der Waals surface area contributed by atoms with E-state index in [9.17, 15) is 18.8 Å². The van der Waals surface area contributed by atoms with Crippen LogP contribution in [0.1, 0.15) is 17.4 Å². The predicted molar refractivity (Wildman–Crippen MR) is 89.4 cm³/mol. The summed E-state index contributed by atoms with van der Waals surface area (Å²) in [4.78, 5) is 42.6. The number of aromatic amines is 1. The van der Waals surface area contributed by atoms with Gasteiger partial charge < -0.3 is 20.1 Å². The van der Waals surface area contributed by atoms with Gasteiger partial charge in [0.2, 0.25) is 11.8 Å². The third-order valence-corrected chi connectivity index (χ3v) is 4.45. The summed E-state index contributed by atoms with van der Waals surface area (Å²) in [5.74, 6) is -1.21. The number of rotatable bonds is 2. The average molecular weight is 346 g/mol. The Kier molecular flexibility index (Phi) is 4.43. The molecule has 0 bridgehead atoms. The van der Waals surface area contributed by atoms with Crippen molar-refractivity contribution in [3.8, 4) is 0 Å². The second-order valence-corrected chi connectivity index (χ2v) is 6.01. The van der Waals surface area contributed by atoms with E-state index in [1.54, 1.807) is 17.0 Å². The number of benzene rings is 1. The highest BCUT2D eigenvalue weighted by Gasteiger charge is 2.36. The minimum atomic E-state index is -0.765. The number of nitrogens with one attached hydrogen (secondary N) is 2. The van der Waals surface area contributed by atoms with Crippen LogP contribution in [0.25, 0.3) is 10.9 Å². The van der Waals surface area contributed by atoms with E-state index >= 15 is 0 Å². The minimum Gasteiger partial charge on any atom is -0.357 e. The van der Waals surface area contributed by atoms with E-state index < -0.39 is 6.04 Å². The van der Waals surface area contributed by atoms with Crippen molar-refractivity contribution >= 4 is 28.6 Å². The molecule has 0 radical (unpaired) electrons. The van der Waals surface area contributed by atoms with Crippen LogP contribution in [0.5, 0.6) is 0 Å². The van der Waals surface area contributed by atoms with Gasteiger partial charge in [0.15, 0.2) is 0 Å². The molecular formula is C17H19FN4O3. The largest absolute Gasteiger partial charge is 0.357 e. The van der Waals surface area contributed by atoms with Crippen LogP contribution in [0.15, 0.2) is 24.3 Å². The third kappa shape index (κ3) is 3.19. The van der Waals surface area contributed by atoms with E-state index in [1.165, 1.54) is 31.0 Å². The summed E-state index contributed by atoms with van der Waals surface area (Å²) in [6.45, 7) is 2.20. The highest BCUT2D eigenvalue weighted by atomic mass is 19.1. The molecule has 2 aromatic rings. The molecule has 3 rings (SSSR count). The number of carbonyl (C=O) groups excluding carboxylic acids is 3. The molecule has 3 amide bonds. The fourth-order valence-electron chi connectivity index (χ4n) is 3.08. The highest BCUT2D eigenvalue weighted by molar-refractivity contribution is 6.00. The molecule has 0 saturated carbocycles. The lowest BCUT2D eigenvalue weighted by atomic mass is 10.1. The second kappa shape index (κ2) is 6.54. The molecule has 1 fully saturated rings. The van der Waals surface area contributed by atoms with Gasteiger partial charge in [-0.25, -0.2) is 4.39 Å². The van der Waals surface area contributed by atoms with Crippen LogP contribution in [0.2, 0.25) is 0 Å². The molecule has 0 aliphatic carbocycles. The lowest BCUT2D eigenvalue weighted by molar-refractivity contribution is -0.135. The van der Waals surface area contributed by atoms with E-state index in [4.69, 9.17) is 0 Å². The summed E-state index contributed by atoms with van der Waals surface area (Å²) in [6, 6.07) is 5.02. The number of fused-ring (bicyclic) bond motifs is 1. The Bertz CT molecular complexity index is 848. The van der Waals surface area contributed by atoms with Gasteiger partial charge in [0.1, 0.15) is 17.6 Å². The summed E-state index contributed by atoms with van der Waals surface area (Å²) in [5, 5.41) is 3.12. The number of aromatic nitrogens is 1. The van der Waals surface area contributed by atoms with E-state index in [1.807, 2.05) is 0 Å². The van der Waals surface area contributed by atoms with Crippen LogP contribution in [-0.4, -0.2) is 65.2 Å². The van der Waals surface area contributed by atoms with E-state index in [2.05, 4.69) is 10.3 Å². The van der Waals surface area contributed by atoms with Crippen LogP contribution < -0.4 is 5.32 Å². The molecule has 1 unspecified atom stereocenters. The molecule has 1 aliphatic rings. The lowest BCUT2D eigenvalue weighted by Gasteiger charge is -2.39. The maximum atomic E-state index is 13.3. The van der Waals surface area contributed by atoms with Gasteiger partial charge in [-0.2, -0.15) is 0 Å². The van der Waals surface area contributed by atoms with Crippen LogP contribution in [0, 0.1) is 5.82 Å². The van der Waals surface area contributed by atoms with Crippen molar-refractivity contribution in [1.82, 2.24) is 20.1 Å². The number of nitrogens with zero attached hydrogens (tertiary/aromatic N) is 2. The molecular weight excluding hydrogens is 327 g/mol. The van der Waals surface area contributed by atoms with Crippen molar-refractivity contribution < 1.29 is 18.8 Å². The molecule has 2 heterocycles. The highest BCUT2D eigenvalue weighted by Crippen LogP contribution is 2.20. The zero-order valence-electron chi connectivity index (χ0n) is 14.0. The lowest BCUT2D eigenvalue weighted by Crippen LogP contribution is -2.61. The number of hydrogen-bond donors (Lipinski definition) is 2. The number of carbonyl (C=O) groups is 3. The van der Waals surface area contributed by atoms with Gasteiger partial charge in [-0.1, -0.05) is 0 Å². The molecule has 0 spiro atoms. The van der Waals surface area contributed by atoms with Crippen molar-refractivity contribution in [3.05, 3.63) is 35.8 Å². The monoisotopic (exact) mass is 346 g/mol. The predicted octanol–water partition coefficient (Wildman–Crippen LogP) is 0.726. The quantitative estimate of drug-likeness (QED) is 0.840. The first-order chi connectivity index (χ1) is 11.9. The fraction of sp³-hybridized carbons (Fsp3) is 0.353. The molecule has 8 heteroatoms. The van der Waals surface area contributed by atoms with Gasteiger partial charge in [0, 0.05) is 38.0 Å². The smallest absolute Gasteiger partial charge is 0.271 e. The summed E-state index contributed by atoms with van der Waals surface area (Å²) in [6.07, 6.45) is 0. The van der Waals surface area contributed by atoms with Crippen LogP contribution in [0.4, 0.5) is 4.39 Å². The number of amides is 3.